The lowest BCUT2D eigenvalue weighted by atomic mass is 9.76. The summed E-state index contributed by atoms with van der Waals surface area (Å²) < 4.78 is 0. The number of piperidine rings is 1. The summed E-state index contributed by atoms with van der Waals surface area (Å²) in [6.07, 6.45) is 5.49. The van der Waals surface area contributed by atoms with Gasteiger partial charge in [0, 0.05) is 36.5 Å². The second-order valence-corrected chi connectivity index (χ2v) is 7.92. The van der Waals surface area contributed by atoms with Crippen molar-refractivity contribution in [3.05, 3.63) is 0 Å². The van der Waals surface area contributed by atoms with Crippen molar-refractivity contribution in [2.75, 3.05) is 5.75 Å². The predicted octanol–water partition coefficient (Wildman–Crippen LogP) is 2.63. The minimum atomic E-state index is -0.755. The van der Waals surface area contributed by atoms with E-state index in [1.807, 2.05) is 11.8 Å². The van der Waals surface area contributed by atoms with Crippen LogP contribution in [0.1, 0.15) is 58.3 Å². The number of carboxylic acids is 1. The summed E-state index contributed by atoms with van der Waals surface area (Å²) in [7, 11) is 0. The first-order valence-electron chi connectivity index (χ1n) is 8.68. The normalized spacial score (nSPS) is 29.9. The van der Waals surface area contributed by atoms with Crippen LogP contribution in [-0.4, -0.2) is 39.8 Å². The Hall–Kier alpha value is -1.04. The highest BCUT2D eigenvalue weighted by atomic mass is 32.2. The number of aliphatic carboxylic acids is 1. The largest absolute Gasteiger partial charge is 0.481 e. The molecule has 2 N–H and O–H groups in total. The van der Waals surface area contributed by atoms with E-state index >= 15 is 0 Å². The van der Waals surface area contributed by atoms with Crippen LogP contribution >= 0.6 is 11.8 Å². The fourth-order valence-corrected chi connectivity index (χ4v) is 5.37. The molecule has 0 aromatic carbocycles. The molecule has 0 radical (unpaired) electrons. The number of nitrogens with one attached hydrogen (secondary N) is 1. The highest BCUT2D eigenvalue weighted by molar-refractivity contribution is 8.00. The highest BCUT2D eigenvalue weighted by Gasteiger charge is 2.47. The first-order chi connectivity index (χ1) is 11.0. The molecule has 5 nitrogen and oxygen atoms in total. The minimum absolute atomic E-state index is 0.000801. The summed E-state index contributed by atoms with van der Waals surface area (Å²) in [5.74, 6) is 0.567. The zero-order valence-electron chi connectivity index (χ0n) is 13.8. The standard InChI is InChI=1S/C17H27NO4S/c1-2-3-6-13(19)11-9-15(20)18-17-12(11)10-23-14(17)7-4-5-8-16(21)22/h11-12,14,17H,2-10H2,1H3,(H,18,20)(H,21,22)/t11?,12?,14?,17-/m0/s1. The number of fused-ring (bicyclic) bond motifs is 1. The van der Waals surface area contributed by atoms with Crippen LogP contribution in [0.3, 0.4) is 0 Å². The average Bonchev–Trinajstić information content (AvgIpc) is 2.91. The first-order valence-corrected chi connectivity index (χ1v) is 9.73. The Labute approximate surface area is 142 Å². The molecule has 2 rings (SSSR count). The van der Waals surface area contributed by atoms with Gasteiger partial charge in [-0.15, -0.1) is 0 Å². The molecule has 0 spiro atoms. The van der Waals surface area contributed by atoms with Gasteiger partial charge in [0.2, 0.25) is 5.91 Å². The van der Waals surface area contributed by atoms with Crippen molar-refractivity contribution >= 4 is 29.4 Å². The minimum Gasteiger partial charge on any atom is -0.481 e. The van der Waals surface area contributed by atoms with Gasteiger partial charge in [0.1, 0.15) is 5.78 Å². The number of amides is 1. The molecule has 2 fully saturated rings. The Balaban J connectivity index is 1.90. The van der Waals surface area contributed by atoms with Crippen molar-refractivity contribution < 1.29 is 19.5 Å². The SMILES string of the molecule is CCCCC(=O)C1CC(=O)N[C@@H]2C(CCCCC(=O)O)SCC12. The van der Waals surface area contributed by atoms with Gasteiger partial charge in [0.15, 0.2) is 0 Å². The maximum atomic E-state index is 12.4. The van der Waals surface area contributed by atoms with Crippen molar-refractivity contribution in [2.45, 2.75) is 69.6 Å². The van der Waals surface area contributed by atoms with Crippen LogP contribution < -0.4 is 5.32 Å². The molecule has 0 saturated carbocycles. The van der Waals surface area contributed by atoms with E-state index in [-0.39, 0.29) is 36.0 Å². The highest BCUT2D eigenvalue weighted by Crippen LogP contribution is 2.42. The molecule has 2 saturated heterocycles. The molecule has 0 aliphatic carbocycles. The topological polar surface area (TPSA) is 83.5 Å². The summed E-state index contributed by atoms with van der Waals surface area (Å²) in [6, 6.07) is 0.0849. The van der Waals surface area contributed by atoms with Crippen molar-refractivity contribution in [1.29, 1.82) is 0 Å². The van der Waals surface area contributed by atoms with Crippen LogP contribution in [0.2, 0.25) is 0 Å². The van der Waals surface area contributed by atoms with Gasteiger partial charge < -0.3 is 10.4 Å². The van der Waals surface area contributed by atoms with E-state index in [2.05, 4.69) is 12.2 Å². The summed E-state index contributed by atoms with van der Waals surface area (Å²) in [5.41, 5.74) is 0. The van der Waals surface area contributed by atoms with Gasteiger partial charge >= 0.3 is 5.97 Å². The van der Waals surface area contributed by atoms with Crippen molar-refractivity contribution in [2.24, 2.45) is 11.8 Å². The lowest BCUT2D eigenvalue weighted by Gasteiger charge is -2.35. The maximum Gasteiger partial charge on any atom is 0.303 e. The maximum absolute atomic E-state index is 12.4. The molecule has 130 valence electrons. The molecule has 3 unspecified atom stereocenters. The third-order valence-electron chi connectivity index (χ3n) is 4.93. The number of carbonyl (C=O) groups excluding carboxylic acids is 2. The van der Waals surface area contributed by atoms with Gasteiger partial charge in [-0.1, -0.05) is 19.8 Å². The van der Waals surface area contributed by atoms with Gasteiger partial charge in [0.25, 0.3) is 0 Å². The van der Waals surface area contributed by atoms with Crippen LogP contribution in [-0.2, 0) is 14.4 Å². The van der Waals surface area contributed by atoms with Gasteiger partial charge in [0.05, 0.1) is 0 Å². The molecule has 2 aliphatic rings. The van der Waals surface area contributed by atoms with E-state index in [4.69, 9.17) is 5.11 Å². The number of unbranched alkanes of at least 4 members (excludes halogenated alkanes) is 2. The van der Waals surface area contributed by atoms with E-state index in [0.717, 1.165) is 31.4 Å². The molecule has 4 atom stereocenters. The summed E-state index contributed by atoms with van der Waals surface area (Å²) in [5, 5.41) is 12.1. The number of carboxylic acid groups (broad SMARTS) is 1. The molecule has 6 heteroatoms. The van der Waals surface area contributed by atoms with Crippen LogP contribution in [0.5, 0.6) is 0 Å². The Morgan fingerprint density at radius 3 is 2.74 bits per heavy atom. The molecule has 0 aromatic rings. The van der Waals surface area contributed by atoms with Crippen LogP contribution in [0.15, 0.2) is 0 Å². The molecule has 1 amide bonds. The Kier molecular flexibility index (Phi) is 6.93. The summed E-state index contributed by atoms with van der Waals surface area (Å²) >= 11 is 1.84. The van der Waals surface area contributed by atoms with E-state index in [1.165, 1.54) is 0 Å². The zero-order valence-corrected chi connectivity index (χ0v) is 14.6. The first kappa shape index (κ1) is 18.3. The monoisotopic (exact) mass is 341 g/mol. The van der Waals surface area contributed by atoms with E-state index < -0.39 is 5.97 Å². The number of hydrogen-bond acceptors (Lipinski definition) is 4. The van der Waals surface area contributed by atoms with Gasteiger partial charge in [-0.2, -0.15) is 11.8 Å². The molecule has 2 heterocycles. The van der Waals surface area contributed by atoms with Crippen molar-refractivity contribution in [3.8, 4) is 0 Å². The number of Topliss-reactive ketones (excluding diaryl/α,β-unsaturated/α-hetero) is 1. The number of ketones is 1. The third kappa shape index (κ3) is 4.96. The summed E-state index contributed by atoms with van der Waals surface area (Å²) in [4.78, 5) is 35.0. The number of carbonyl (C=O) groups is 3. The zero-order chi connectivity index (χ0) is 16.8. The fraction of sp³-hybridized carbons (Fsp3) is 0.824. The van der Waals surface area contributed by atoms with Crippen LogP contribution in [0, 0.1) is 11.8 Å². The lowest BCUT2D eigenvalue weighted by Crippen LogP contribution is -2.53. The van der Waals surface area contributed by atoms with Gasteiger partial charge in [-0.3, -0.25) is 14.4 Å². The van der Waals surface area contributed by atoms with E-state index in [1.54, 1.807) is 0 Å². The fourth-order valence-electron chi connectivity index (χ4n) is 3.65. The van der Waals surface area contributed by atoms with Crippen LogP contribution in [0.4, 0.5) is 0 Å². The molecular formula is C17H27NO4S. The number of hydrogen-bond donors (Lipinski definition) is 2. The predicted molar refractivity (Wildman–Crippen MR) is 90.4 cm³/mol. The number of rotatable bonds is 9. The second kappa shape index (κ2) is 8.71. The van der Waals surface area contributed by atoms with E-state index in [9.17, 15) is 14.4 Å². The second-order valence-electron chi connectivity index (χ2n) is 6.65. The van der Waals surface area contributed by atoms with Crippen LogP contribution in [0.25, 0.3) is 0 Å². The number of thioether (sulfide) groups is 1. The molecular weight excluding hydrogens is 314 g/mol. The smallest absolute Gasteiger partial charge is 0.303 e. The quantitative estimate of drug-likeness (QED) is 0.630. The molecule has 0 bridgehead atoms. The molecule has 23 heavy (non-hydrogen) atoms. The van der Waals surface area contributed by atoms with E-state index in [0.29, 0.717) is 24.5 Å². The van der Waals surface area contributed by atoms with Crippen molar-refractivity contribution in [1.82, 2.24) is 5.32 Å². The lowest BCUT2D eigenvalue weighted by molar-refractivity contribution is -0.137. The molecule has 0 aromatic heterocycles. The molecule has 2 aliphatic heterocycles. The van der Waals surface area contributed by atoms with Crippen molar-refractivity contribution in [3.63, 3.8) is 0 Å². The summed E-state index contributed by atoms with van der Waals surface area (Å²) in [6.45, 7) is 2.07. The third-order valence-corrected chi connectivity index (χ3v) is 6.47. The Morgan fingerprint density at radius 1 is 1.26 bits per heavy atom. The Morgan fingerprint density at radius 2 is 2.04 bits per heavy atom. The Bertz CT molecular complexity index is 454. The average molecular weight is 341 g/mol. The van der Waals surface area contributed by atoms with Gasteiger partial charge in [-0.25, -0.2) is 0 Å². The van der Waals surface area contributed by atoms with Gasteiger partial charge in [-0.05, 0) is 30.9 Å².